The third-order valence-corrected chi connectivity index (χ3v) is 13.6. The van der Waals surface area contributed by atoms with E-state index in [0.717, 1.165) is 69.4 Å². The first kappa shape index (κ1) is 42.5. The van der Waals surface area contributed by atoms with Gasteiger partial charge in [0.25, 0.3) is 5.69 Å². The van der Waals surface area contributed by atoms with E-state index in [2.05, 4.69) is 49.2 Å². The number of benzene rings is 4. The van der Waals surface area contributed by atoms with Gasteiger partial charge in [0.1, 0.15) is 23.9 Å². The Balaban J connectivity index is 1.37. The summed E-state index contributed by atoms with van der Waals surface area (Å²) in [6, 6.07) is 30.8. The number of oxime groups is 1. The molecule has 0 saturated heterocycles. The minimum Gasteiger partial charge on any atom is -0.460 e. The third-order valence-electron chi connectivity index (χ3n) is 11.5. The number of hydrogen-bond acceptors (Lipinski definition) is 11. The van der Waals surface area contributed by atoms with Gasteiger partial charge in [-0.2, -0.15) is 0 Å². The van der Waals surface area contributed by atoms with Crippen molar-refractivity contribution in [3.05, 3.63) is 143 Å². The highest BCUT2D eigenvalue weighted by Crippen LogP contribution is 2.63. The number of non-ortho nitro benzene ring substituents is 1. The monoisotopic (exact) mass is 836 g/mol. The Morgan fingerprint density at radius 3 is 2.36 bits per heavy atom. The van der Waals surface area contributed by atoms with Gasteiger partial charge in [0.05, 0.1) is 28.4 Å². The van der Waals surface area contributed by atoms with Crippen LogP contribution in [0.2, 0.25) is 0 Å². The number of aliphatic hydroxyl groups is 2. The highest BCUT2D eigenvalue weighted by Gasteiger charge is 2.64. The Morgan fingerprint density at radius 2 is 1.66 bits per heavy atom. The van der Waals surface area contributed by atoms with Gasteiger partial charge in [-0.15, -0.1) is 30.1 Å². The first-order valence-electron chi connectivity index (χ1n) is 20.3. The summed E-state index contributed by atoms with van der Waals surface area (Å²) in [6.07, 6.45) is 11.5. The number of aliphatic hydroxyl groups excluding tert-OH is 2. The molecule has 7 rings (SSSR count). The van der Waals surface area contributed by atoms with Crippen molar-refractivity contribution in [3.63, 3.8) is 0 Å². The number of nitrogens with zero attached hydrogens (tertiary/aromatic N) is 2. The second-order valence-electron chi connectivity index (χ2n) is 15.2. The summed E-state index contributed by atoms with van der Waals surface area (Å²) >= 11 is 3.38. The Kier molecular flexibility index (Phi) is 14.5. The van der Waals surface area contributed by atoms with E-state index in [4.69, 9.17) is 24.2 Å². The van der Waals surface area contributed by atoms with Gasteiger partial charge in [-0.1, -0.05) is 48.3 Å². The van der Waals surface area contributed by atoms with Crippen molar-refractivity contribution in [1.29, 1.82) is 0 Å². The molecule has 1 heterocycles. The SMILES string of the molecule is C=CCOC12Oc3ccc(Oc4ccc(SC)cc4)cc3C3C(CCCCO)C(CCCCO)C=C(C(=NOCc4ccc([N+](=O)[O-])cc4)CC1Sc1ccccc1)C32. The Bertz CT molecular complexity index is 2100. The van der Waals surface area contributed by atoms with E-state index in [-0.39, 0.29) is 61.0 Å². The van der Waals surface area contributed by atoms with Crippen molar-refractivity contribution in [2.24, 2.45) is 22.9 Å². The van der Waals surface area contributed by atoms with Crippen LogP contribution < -0.4 is 9.47 Å². The summed E-state index contributed by atoms with van der Waals surface area (Å²) in [5.41, 5.74) is 3.64. The molecule has 4 aromatic rings. The fourth-order valence-corrected chi connectivity index (χ4v) is 10.5. The van der Waals surface area contributed by atoms with Crippen molar-refractivity contribution >= 4 is 34.9 Å². The number of thioether (sulfide) groups is 2. The lowest BCUT2D eigenvalue weighted by Gasteiger charge is -2.58. The van der Waals surface area contributed by atoms with Crippen LogP contribution in [0.25, 0.3) is 0 Å². The molecule has 2 N–H and O–H groups in total. The molecule has 0 bridgehead atoms. The lowest BCUT2D eigenvalue weighted by atomic mass is 9.56. The summed E-state index contributed by atoms with van der Waals surface area (Å²) in [4.78, 5) is 19.2. The summed E-state index contributed by atoms with van der Waals surface area (Å²) in [7, 11) is 0. The van der Waals surface area contributed by atoms with Gasteiger partial charge < -0.3 is 29.3 Å². The molecule has 6 atom stereocenters. The van der Waals surface area contributed by atoms with Crippen LogP contribution in [0.15, 0.2) is 136 Å². The molecular weight excluding hydrogens is 785 g/mol. The highest BCUT2D eigenvalue weighted by molar-refractivity contribution is 8.00. The van der Waals surface area contributed by atoms with Crippen molar-refractivity contribution < 1.29 is 34.2 Å². The average Bonchev–Trinajstić information content (AvgIpc) is 3.26. The maximum Gasteiger partial charge on any atom is 0.269 e. The largest absolute Gasteiger partial charge is 0.460 e. The molecule has 12 heteroatoms. The molecule has 310 valence electrons. The van der Waals surface area contributed by atoms with Gasteiger partial charge in [0.2, 0.25) is 5.79 Å². The maximum atomic E-state index is 11.3. The van der Waals surface area contributed by atoms with Crippen LogP contribution in [0, 0.1) is 27.9 Å². The van der Waals surface area contributed by atoms with Crippen molar-refractivity contribution in [2.75, 3.05) is 26.1 Å². The van der Waals surface area contributed by atoms with E-state index in [1.165, 1.54) is 12.1 Å². The number of unbranched alkanes of at least 4 members (excludes halogenated alkanes) is 2. The number of nitro benzene ring substituents is 1. The first-order chi connectivity index (χ1) is 28.9. The Morgan fingerprint density at radius 1 is 0.932 bits per heavy atom. The van der Waals surface area contributed by atoms with Gasteiger partial charge in [0, 0.05) is 53.0 Å². The zero-order valence-corrected chi connectivity index (χ0v) is 35.0. The second kappa shape index (κ2) is 20.1. The first-order valence-corrected chi connectivity index (χ1v) is 22.4. The predicted octanol–water partition coefficient (Wildman–Crippen LogP) is 10.7. The van der Waals surface area contributed by atoms with E-state index in [0.29, 0.717) is 25.0 Å². The molecular formula is C47H52N2O8S2. The number of rotatable bonds is 20. The standard InChI is InChI=1S/C47H52N2O8S2/c1-3-27-54-47-44(59-38-12-5-4-6-13-38)30-42(48-55-31-32-15-17-34(18-16-32)49(52)53)40-28-33(11-7-9-25-50)39(14-8-10-26-51)45(46(40)47)41-29-36(21-24-43(41)57-47)56-35-19-22-37(58-2)23-20-35/h3-6,12-13,15-24,28-29,33,39,44-46,50-51H,1,7-11,14,25-27,30-31H2,2H3. The van der Waals surface area contributed by atoms with Crippen molar-refractivity contribution in [3.8, 4) is 17.2 Å². The van der Waals surface area contributed by atoms with Crippen LogP contribution in [0.1, 0.15) is 62.0 Å². The van der Waals surface area contributed by atoms with Crippen LogP contribution in [0.4, 0.5) is 5.69 Å². The molecule has 6 unspecified atom stereocenters. The molecule has 2 aliphatic carbocycles. The lowest BCUT2D eigenvalue weighted by Crippen LogP contribution is -2.64. The van der Waals surface area contributed by atoms with Crippen molar-refractivity contribution in [2.45, 2.75) is 78.3 Å². The number of allylic oxidation sites excluding steroid dienone is 1. The molecule has 1 saturated carbocycles. The molecule has 1 aliphatic heterocycles. The normalized spacial score (nSPS) is 23.7. The summed E-state index contributed by atoms with van der Waals surface area (Å²) < 4.78 is 20.9. The van der Waals surface area contributed by atoms with Gasteiger partial charge in [-0.25, -0.2) is 0 Å². The predicted molar refractivity (Wildman–Crippen MR) is 233 cm³/mol. The highest BCUT2D eigenvalue weighted by atomic mass is 32.2. The number of nitro groups is 1. The molecule has 59 heavy (non-hydrogen) atoms. The Labute approximate surface area is 354 Å². The smallest absolute Gasteiger partial charge is 0.269 e. The molecule has 0 spiro atoms. The maximum absolute atomic E-state index is 11.3. The Hall–Kier alpha value is -4.59. The van der Waals surface area contributed by atoms with Crippen LogP contribution in [-0.4, -0.2) is 58.0 Å². The zero-order chi connectivity index (χ0) is 41.2. The van der Waals surface area contributed by atoms with E-state index in [1.807, 2.05) is 42.5 Å². The zero-order valence-electron chi connectivity index (χ0n) is 33.3. The van der Waals surface area contributed by atoms with Crippen molar-refractivity contribution in [1.82, 2.24) is 0 Å². The minimum absolute atomic E-state index is 0.0165. The second-order valence-corrected chi connectivity index (χ2v) is 17.3. The molecule has 0 amide bonds. The molecule has 10 nitrogen and oxygen atoms in total. The van der Waals surface area contributed by atoms with Crippen LogP contribution in [-0.2, 0) is 16.2 Å². The van der Waals surface area contributed by atoms with E-state index in [1.54, 1.807) is 41.7 Å². The summed E-state index contributed by atoms with van der Waals surface area (Å²) in [6.45, 7) is 4.69. The summed E-state index contributed by atoms with van der Waals surface area (Å²) in [5.74, 6) is 0.929. The third kappa shape index (κ3) is 9.74. The van der Waals surface area contributed by atoms with Crippen LogP contribution in [0.5, 0.6) is 17.2 Å². The van der Waals surface area contributed by atoms with Gasteiger partial charge in [-0.3, -0.25) is 10.1 Å². The van der Waals surface area contributed by atoms with Crippen LogP contribution >= 0.6 is 23.5 Å². The lowest BCUT2D eigenvalue weighted by molar-refractivity contribution is -0.384. The van der Waals surface area contributed by atoms with E-state index >= 15 is 0 Å². The molecule has 0 radical (unpaired) electrons. The fraction of sp³-hybridized carbons (Fsp3) is 0.383. The molecule has 3 aliphatic rings. The number of ether oxygens (including phenoxy) is 3. The summed E-state index contributed by atoms with van der Waals surface area (Å²) in [5, 5.41) is 35.7. The minimum atomic E-state index is -1.13. The van der Waals surface area contributed by atoms with Gasteiger partial charge in [0.15, 0.2) is 0 Å². The number of fused-ring (bicyclic) bond motifs is 2. The van der Waals surface area contributed by atoms with Gasteiger partial charge in [-0.05, 0) is 122 Å². The average molecular weight is 837 g/mol. The quantitative estimate of drug-likeness (QED) is 0.0291. The molecule has 1 fully saturated rings. The van der Waals surface area contributed by atoms with E-state index in [9.17, 15) is 20.3 Å². The van der Waals surface area contributed by atoms with Gasteiger partial charge >= 0.3 is 0 Å². The molecule has 4 aromatic carbocycles. The topological polar surface area (TPSA) is 133 Å². The van der Waals surface area contributed by atoms with Crippen LogP contribution in [0.3, 0.4) is 0 Å². The fourth-order valence-electron chi connectivity index (χ4n) is 8.83. The number of hydrogen-bond donors (Lipinski definition) is 2. The molecule has 0 aromatic heterocycles. The van der Waals surface area contributed by atoms with E-state index < -0.39 is 10.7 Å².